The van der Waals surface area contributed by atoms with Crippen LogP contribution in [0, 0.1) is 0 Å². The quantitative estimate of drug-likeness (QED) is 0.524. The van der Waals surface area contributed by atoms with Gasteiger partial charge in [-0.05, 0) is 19.1 Å². The smallest absolute Gasteiger partial charge is 0.331 e. The highest BCUT2D eigenvalue weighted by Crippen LogP contribution is 2.06. The Bertz CT molecular complexity index is 226. The van der Waals surface area contributed by atoms with Crippen LogP contribution < -0.4 is 0 Å². The van der Waals surface area contributed by atoms with Crippen LogP contribution in [0.2, 0.25) is 0 Å². The molecule has 2 nitrogen and oxygen atoms in total. The van der Waals surface area contributed by atoms with E-state index in [1.54, 1.807) is 0 Å². The zero-order valence-electron chi connectivity index (χ0n) is 6.17. The molecular formula is C8H9ClO2. The van der Waals surface area contributed by atoms with E-state index in [4.69, 9.17) is 16.7 Å². The summed E-state index contributed by atoms with van der Waals surface area (Å²) in [5, 5.41) is 8.78. The summed E-state index contributed by atoms with van der Waals surface area (Å²) in [7, 11) is 0. The Morgan fingerprint density at radius 1 is 1.64 bits per heavy atom. The van der Waals surface area contributed by atoms with Crippen LogP contribution in [0.5, 0.6) is 0 Å². The Morgan fingerprint density at radius 2 is 2.18 bits per heavy atom. The van der Waals surface area contributed by atoms with Gasteiger partial charge in [-0.25, -0.2) is 4.79 Å². The molecular weight excluding hydrogens is 164 g/mol. The lowest BCUT2D eigenvalue weighted by Gasteiger charge is -1.90. The zero-order chi connectivity index (χ0) is 8.85. The number of allylic oxidation sites excluding steroid dienone is 4. The van der Waals surface area contributed by atoms with E-state index in [9.17, 15) is 4.79 Å². The molecule has 0 amide bonds. The molecule has 0 bridgehead atoms. The second-order valence-corrected chi connectivity index (χ2v) is 2.36. The lowest BCUT2D eigenvalue weighted by Crippen LogP contribution is -1.95. The molecule has 60 valence electrons. The Labute approximate surface area is 70.5 Å². The Balaban J connectivity index is 4.42. The van der Waals surface area contributed by atoms with Crippen LogP contribution in [-0.4, -0.2) is 11.1 Å². The van der Waals surface area contributed by atoms with E-state index in [0.717, 1.165) is 0 Å². The molecule has 11 heavy (non-hydrogen) atoms. The van der Waals surface area contributed by atoms with Gasteiger partial charge in [-0.1, -0.05) is 24.3 Å². The molecule has 1 N–H and O–H groups in total. The maximum atomic E-state index is 10.3. The van der Waals surface area contributed by atoms with E-state index < -0.39 is 5.97 Å². The van der Waals surface area contributed by atoms with Gasteiger partial charge in [0, 0.05) is 10.6 Å². The van der Waals surface area contributed by atoms with Gasteiger partial charge in [-0.15, -0.1) is 0 Å². The average molecular weight is 173 g/mol. The largest absolute Gasteiger partial charge is 0.478 e. The van der Waals surface area contributed by atoms with Crippen LogP contribution in [-0.2, 0) is 4.79 Å². The number of hydrogen-bond donors (Lipinski definition) is 1. The monoisotopic (exact) mass is 172 g/mol. The second-order valence-electron chi connectivity index (χ2n) is 1.92. The molecule has 0 aromatic heterocycles. The van der Waals surface area contributed by atoms with Crippen molar-refractivity contribution in [2.24, 2.45) is 0 Å². The summed E-state index contributed by atoms with van der Waals surface area (Å²) in [6.07, 6.45) is 4.38. The third-order valence-electron chi connectivity index (χ3n) is 0.969. The van der Waals surface area contributed by atoms with Gasteiger partial charge in [0.25, 0.3) is 0 Å². The summed E-state index contributed by atoms with van der Waals surface area (Å²) < 4.78 is 0. The van der Waals surface area contributed by atoms with Gasteiger partial charge in [0.1, 0.15) is 0 Å². The Morgan fingerprint density at radius 3 is 2.55 bits per heavy atom. The molecule has 0 saturated carbocycles. The normalized spacial score (nSPS) is 12.9. The van der Waals surface area contributed by atoms with Crippen molar-refractivity contribution >= 4 is 17.6 Å². The molecule has 0 aliphatic rings. The number of rotatable bonds is 3. The highest BCUT2D eigenvalue weighted by molar-refractivity contribution is 6.31. The minimum Gasteiger partial charge on any atom is -0.478 e. The van der Waals surface area contributed by atoms with Crippen molar-refractivity contribution in [2.45, 2.75) is 6.92 Å². The number of carbonyl (C=O) groups is 1. The highest BCUT2D eigenvalue weighted by atomic mass is 35.5. The molecule has 0 aliphatic heterocycles. The van der Waals surface area contributed by atoms with Crippen LogP contribution in [0.3, 0.4) is 0 Å². The molecule has 0 aliphatic carbocycles. The van der Waals surface area contributed by atoms with E-state index >= 15 is 0 Å². The number of aliphatic carboxylic acids is 1. The fraction of sp³-hybridized carbons (Fsp3) is 0.125. The second kappa shape index (κ2) is 4.74. The van der Waals surface area contributed by atoms with E-state index in [1.807, 2.05) is 0 Å². The van der Waals surface area contributed by atoms with Crippen LogP contribution >= 0.6 is 11.6 Å². The Kier molecular flexibility index (Phi) is 4.30. The van der Waals surface area contributed by atoms with Crippen molar-refractivity contribution in [3.05, 3.63) is 35.4 Å². The van der Waals surface area contributed by atoms with Gasteiger partial charge >= 0.3 is 5.97 Å². The van der Waals surface area contributed by atoms with E-state index in [0.29, 0.717) is 5.03 Å². The molecule has 0 rings (SSSR count). The van der Waals surface area contributed by atoms with E-state index in [1.165, 1.54) is 25.2 Å². The molecule has 0 spiro atoms. The molecule has 0 radical (unpaired) electrons. The molecule has 0 aromatic carbocycles. The van der Waals surface area contributed by atoms with E-state index in [-0.39, 0.29) is 5.57 Å². The molecule has 0 saturated heterocycles. The lowest BCUT2D eigenvalue weighted by molar-refractivity contribution is -0.132. The third-order valence-corrected chi connectivity index (χ3v) is 1.20. The van der Waals surface area contributed by atoms with Gasteiger partial charge in [0.15, 0.2) is 0 Å². The first-order chi connectivity index (χ1) is 5.07. The number of hydrogen-bond acceptors (Lipinski definition) is 1. The lowest BCUT2D eigenvalue weighted by atomic mass is 10.3. The third kappa shape index (κ3) is 4.39. The van der Waals surface area contributed by atoms with E-state index in [2.05, 4.69) is 6.58 Å². The summed E-state index contributed by atoms with van der Waals surface area (Å²) in [5.41, 5.74) is 0.202. The summed E-state index contributed by atoms with van der Waals surface area (Å²) in [4.78, 5) is 10.3. The molecule has 0 atom stereocenters. The van der Waals surface area contributed by atoms with Crippen LogP contribution in [0.25, 0.3) is 0 Å². The van der Waals surface area contributed by atoms with Crippen molar-refractivity contribution in [2.75, 3.05) is 0 Å². The first kappa shape index (κ1) is 9.98. The van der Waals surface area contributed by atoms with Crippen molar-refractivity contribution in [1.29, 1.82) is 0 Å². The molecule has 3 heteroatoms. The summed E-state index contributed by atoms with van der Waals surface area (Å²) in [6, 6.07) is 0. The van der Waals surface area contributed by atoms with Crippen molar-refractivity contribution in [1.82, 2.24) is 0 Å². The summed E-state index contributed by atoms with van der Waals surface area (Å²) in [6.45, 7) is 4.89. The standard InChI is InChI=1S/C8H9ClO2/c1-3-4-7(9)5-6(2)8(10)11/h3-5H,1H2,2H3,(H,10,11)/b6-5+,7-4+. The molecule has 0 heterocycles. The highest BCUT2D eigenvalue weighted by Gasteiger charge is 1.98. The van der Waals surface area contributed by atoms with Crippen LogP contribution in [0.1, 0.15) is 6.92 Å². The average Bonchev–Trinajstić information content (AvgIpc) is 1.87. The van der Waals surface area contributed by atoms with Gasteiger partial charge in [-0.3, -0.25) is 0 Å². The Hall–Kier alpha value is -1.02. The predicted octanol–water partition coefficient (Wildman–Crippen LogP) is 2.33. The number of carboxylic acids is 1. The maximum absolute atomic E-state index is 10.3. The fourth-order valence-electron chi connectivity index (χ4n) is 0.429. The topological polar surface area (TPSA) is 37.3 Å². The maximum Gasteiger partial charge on any atom is 0.331 e. The zero-order valence-corrected chi connectivity index (χ0v) is 6.93. The molecule has 0 fully saturated rings. The minimum absolute atomic E-state index is 0.202. The first-order valence-electron chi connectivity index (χ1n) is 2.97. The molecule has 0 aromatic rings. The van der Waals surface area contributed by atoms with Crippen molar-refractivity contribution in [3.63, 3.8) is 0 Å². The number of halogens is 1. The van der Waals surface area contributed by atoms with Gasteiger partial charge in [0.05, 0.1) is 0 Å². The summed E-state index contributed by atoms with van der Waals surface area (Å²) in [5.74, 6) is -0.972. The van der Waals surface area contributed by atoms with Gasteiger partial charge < -0.3 is 5.11 Å². The molecule has 0 unspecified atom stereocenters. The fourth-order valence-corrected chi connectivity index (χ4v) is 0.682. The predicted molar refractivity (Wildman–Crippen MR) is 45.5 cm³/mol. The number of carboxylic acid groups (broad SMARTS) is 1. The van der Waals surface area contributed by atoms with Crippen molar-refractivity contribution < 1.29 is 9.90 Å². The van der Waals surface area contributed by atoms with Gasteiger partial charge in [-0.2, -0.15) is 0 Å². The van der Waals surface area contributed by atoms with Gasteiger partial charge in [0.2, 0.25) is 0 Å². The van der Waals surface area contributed by atoms with Crippen molar-refractivity contribution in [3.8, 4) is 0 Å². The summed E-state index contributed by atoms with van der Waals surface area (Å²) >= 11 is 5.57. The van der Waals surface area contributed by atoms with Crippen LogP contribution in [0.4, 0.5) is 0 Å². The minimum atomic E-state index is -0.972. The first-order valence-corrected chi connectivity index (χ1v) is 3.35. The van der Waals surface area contributed by atoms with Crippen LogP contribution in [0.15, 0.2) is 35.4 Å². The SMILES string of the molecule is C=C/C=C(Cl)\C=C(/C)C(=O)O.